The number of carbonyl (C=O) groups is 2. The van der Waals surface area contributed by atoms with Gasteiger partial charge in [0.2, 0.25) is 0 Å². The van der Waals surface area contributed by atoms with Gasteiger partial charge in [-0.2, -0.15) is 0 Å². The highest BCUT2D eigenvalue weighted by atomic mass is 32.2. The molecule has 5 unspecified atom stereocenters. The Kier molecular flexibility index (Phi) is 5.23. The Morgan fingerprint density at radius 3 is 2.86 bits per heavy atom. The molecule has 3 N–H and O–H groups in total. The molecule has 1 aromatic heterocycles. The normalized spacial score (nSPS) is 40.2. The molecule has 3 saturated carbocycles. The van der Waals surface area contributed by atoms with Crippen LogP contribution < -0.4 is 0 Å². The molecule has 3 fully saturated rings. The van der Waals surface area contributed by atoms with Crippen LogP contribution in [0.4, 0.5) is 0 Å². The van der Waals surface area contributed by atoms with Crippen molar-refractivity contribution < 1.29 is 19.8 Å². The van der Waals surface area contributed by atoms with E-state index in [4.69, 9.17) is 0 Å². The third-order valence-corrected chi connectivity index (χ3v) is 10.7. The third kappa shape index (κ3) is 3.27. The number of rotatable bonds is 4. The monoisotopic (exact) mass is 492 g/mol. The molecule has 7 heteroatoms. The third-order valence-electron chi connectivity index (χ3n) is 9.82. The van der Waals surface area contributed by atoms with Gasteiger partial charge in [-0.15, -0.1) is 0 Å². The number of aromatic amines is 1. The summed E-state index contributed by atoms with van der Waals surface area (Å²) >= 11 is 1.33. The summed E-state index contributed by atoms with van der Waals surface area (Å²) in [5, 5.41) is 24.1. The number of allylic oxidation sites excluding steroid dienone is 4. The molecule has 6 nitrogen and oxygen atoms in total. The predicted molar refractivity (Wildman–Crippen MR) is 135 cm³/mol. The molecule has 184 valence electrons. The van der Waals surface area contributed by atoms with Crippen LogP contribution in [-0.2, 0) is 9.59 Å². The van der Waals surface area contributed by atoms with E-state index in [0.717, 1.165) is 35.9 Å². The van der Waals surface area contributed by atoms with E-state index in [9.17, 15) is 19.8 Å². The fourth-order valence-electron chi connectivity index (χ4n) is 8.04. The predicted octanol–water partition coefficient (Wildman–Crippen LogP) is 4.23. The molecule has 1 heterocycles. The van der Waals surface area contributed by atoms with Crippen LogP contribution in [0.15, 0.2) is 53.2 Å². The number of ketones is 2. The Labute approximate surface area is 209 Å². The zero-order valence-electron chi connectivity index (χ0n) is 20.2. The van der Waals surface area contributed by atoms with Crippen molar-refractivity contribution >= 4 is 34.4 Å². The van der Waals surface area contributed by atoms with E-state index in [-0.39, 0.29) is 40.5 Å². The summed E-state index contributed by atoms with van der Waals surface area (Å²) in [4.78, 5) is 33.4. The first-order chi connectivity index (χ1) is 16.7. The van der Waals surface area contributed by atoms with Crippen molar-refractivity contribution in [2.24, 2.45) is 28.6 Å². The van der Waals surface area contributed by atoms with Crippen LogP contribution >= 0.6 is 11.8 Å². The van der Waals surface area contributed by atoms with Crippen LogP contribution in [0.25, 0.3) is 11.0 Å². The second-order valence-electron chi connectivity index (χ2n) is 11.4. The number of aromatic nitrogens is 2. The van der Waals surface area contributed by atoms with Crippen molar-refractivity contribution in [1.29, 1.82) is 0 Å². The zero-order valence-corrected chi connectivity index (χ0v) is 21.0. The van der Waals surface area contributed by atoms with Crippen LogP contribution in [0.5, 0.6) is 0 Å². The number of aliphatic hydroxyl groups excluding tert-OH is 1. The molecular formula is C28H32N2O4S. The number of para-hydroxylation sites is 2. The Morgan fingerprint density at radius 1 is 1.26 bits per heavy atom. The minimum atomic E-state index is -1.46. The molecule has 0 saturated heterocycles. The first kappa shape index (κ1) is 23.2. The average Bonchev–Trinajstić information content (AvgIpc) is 3.36. The first-order valence-corrected chi connectivity index (χ1v) is 13.6. The fraction of sp³-hybridized carbons (Fsp3) is 0.536. The number of carbonyl (C=O) groups excluding carboxylic acids is 2. The number of Topliss-reactive ketones (excluding diaryl/α,β-unsaturated/α-hetero) is 1. The lowest BCUT2D eigenvalue weighted by molar-refractivity contribution is -0.174. The van der Waals surface area contributed by atoms with Gasteiger partial charge in [-0.1, -0.05) is 49.4 Å². The van der Waals surface area contributed by atoms with Crippen LogP contribution in [0.2, 0.25) is 0 Å². The molecule has 0 spiro atoms. The molecule has 0 aliphatic heterocycles. The molecule has 7 atom stereocenters. The number of benzene rings is 1. The Balaban J connectivity index is 1.25. The maximum absolute atomic E-state index is 13.6. The molecular weight excluding hydrogens is 460 g/mol. The van der Waals surface area contributed by atoms with E-state index < -0.39 is 17.1 Å². The van der Waals surface area contributed by atoms with E-state index in [2.05, 4.69) is 16.9 Å². The summed E-state index contributed by atoms with van der Waals surface area (Å²) in [7, 11) is 0. The highest BCUT2D eigenvalue weighted by Crippen LogP contribution is 2.67. The largest absolute Gasteiger partial charge is 0.393 e. The second kappa shape index (κ2) is 7.89. The summed E-state index contributed by atoms with van der Waals surface area (Å²) in [6.45, 7) is 4.16. The molecule has 0 radical (unpaired) electrons. The summed E-state index contributed by atoms with van der Waals surface area (Å²) < 4.78 is 0. The van der Waals surface area contributed by atoms with Gasteiger partial charge in [0.1, 0.15) is 5.60 Å². The van der Waals surface area contributed by atoms with Crippen molar-refractivity contribution in [2.45, 2.75) is 62.8 Å². The molecule has 0 bridgehead atoms. The van der Waals surface area contributed by atoms with Crippen molar-refractivity contribution in [1.82, 2.24) is 9.97 Å². The van der Waals surface area contributed by atoms with E-state index >= 15 is 0 Å². The van der Waals surface area contributed by atoms with Gasteiger partial charge in [0.05, 0.1) is 22.9 Å². The Hall–Kier alpha value is -2.22. The van der Waals surface area contributed by atoms with E-state index in [1.807, 2.05) is 37.3 Å². The molecule has 2 aromatic rings. The van der Waals surface area contributed by atoms with Crippen LogP contribution in [0, 0.1) is 28.6 Å². The average molecular weight is 493 g/mol. The lowest BCUT2D eigenvalue weighted by Crippen LogP contribution is -2.61. The number of nitrogens with one attached hydrogen (secondary N) is 1. The molecule has 4 aliphatic carbocycles. The maximum atomic E-state index is 13.6. The standard InChI is InChI=1S/C28H32N2O4S/c1-26-11-9-17(31)13-16(26)7-8-18-19-10-12-28(34,27(19,2)14-22(32)24(18)26)23(33)15-35-25-29-20-5-3-4-6-21(20)30-25/h3-6,9,11,13,18-19,22,24,32,34H,7-8,10,12,14-15H2,1-2H3,(H,29,30)/t18?,19?,22-,24?,26?,27?,28-/m0/s1. The highest BCUT2D eigenvalue weighted by molar-refractivity contribution is 7.99. The molecule has 35 heavy (non-hydrogen) atoms. The van der Waals surface area contributed by atoms with E-state index in [1.165, 1.54) is 11.8 Å². The van der Waals surface area contributed by atoms with Gasteiger partial charge in [-0.05, 0) is 68.2 Å². The number of aliphatic hydroxyl groups is 2. The number of thioether (sulfide) groups is 1. The summed E-state index contributed by atoms with van der Waals surface area (Å²) in [5.74, 6) is 0.336. The first-order valence-electron chi connectivity index (χ1n) is 12.6. The minimum absolute atomic E-state index is 0.00713. The summed E-state index contributed by atoms with van der Waals surface area (Å²) in [6, 6.07) is 7.75. The molecule has 1 aromatic carbocycles. The lowest BCUT2D eigenvalue weighted by Gasteiger charge is -2.59. The van der Waals surface area contributed by atoms with Gasteiger partial charge in [0.15, 0.2) is 16.7 Å². The van der Waals surface area contributed by atoms with Crippen LogP contribution in [-0.4, -0.2) is 49.2 Å². The van der Waals surface area contributed by atoms with Gasteiger partial charge in [0, 0.05) is 16.7 Å². The van der Waals surface area contributed by atoms with E-state index in [0.29, 0.717) is 18.0 Å². The molecule has 0 amide bonds. The van der Waals surface area contributed by atoms with Gasteiger partial charge in [-0.25, -0.2) is 4.98 Å². The number of nitrogens with zero attached hydrogens (tertiary/aromatic N) is 1. The second-order valence-corrected chi connectivity index (χ2v) is 12.3. The van der Waals surface area contributed by atoms with Gasteiger partial charge in [0.25, 0.3) is 0 Å². The SMILES string of the molecule is CC12C=CC(=O)C=C1CCC1C2[C@@H](O)CC2(C)C1CC[C@]2(O)C(=O)CSc1nc2ccccc2[nH]1. The molecule has 6 rings (SSSR count). The zero-order chi connectivity index (χ0) is 24.6. The van der Waals surface area contributed by atoms with Crippen molar-refractivity contribution in [3.8, 4) is 0 Å². The van der Waals surface area contributed by atoms with Crippen molar-refractivity contribution in [3.05, 3.63) is 48.1 Å². The lowest BCUT2D eigenvalue weighted by atomic mass is 9.46. The Bertz CT molecular complexity index is 1250. The number of hydrogen-bond acceptors (Lipinski definition) is 6. The van der Waals surface area contributed by atoms with Crippen molar-refractivity contribution in [2.75, 3.05) is 5.75 Å². The quantitative estimate of drug-likeness (QED) is 0.552. The topological polar surface area (TPSA) is 103 Å². The van der Waals surface area contributed by atoms with E-state index in [1.54, 1.807) is 12.2 Å². The summed E-state index contributed by atoms with van der Waals surface area (Å²) in [6.07, 6.45) is 8.02. The number of fused-ring (bicyclic) bond motifs is 6. The van der Waals surface area contributed by atoms with Gasteiger partial charge in [-0.3, -0.25) is 9.59 Å². The Morgan fingerprint density at radius 2 is 2.06 bits per heavy atom. The maximum Gasteiger partial charge on any atom is 0.178 e. The number of H-pyrrole nitrogens is 1. The fourth-order valence-corrected chi connectivity index (χ4v) is 8.89. The molecule has 4 aliphatic rings. The smallest absolute Gasteiger partial charge is 0.178 e. The highest BCUT2D eigenvalue weighted by Gasteiger charge is 2.67. The van der Waals surface area contributed by atoms with Gasteiger partial charge < -0.3 is 15.2 Å². The summed E-state index contributed by atoms with van der Waals surface area (Å²) in [5.41, 5.74) is 0.407. The van der Waals surface area contributed by atoms with Crippen LogP contribution in [0.3, 0.4) is 0 Å². The number of hydrogen-bond donors (Lipinski definition) is 3. The number of imidazole rings is 1. The van der Waals surface area contributed by atoms with Crippen LogP contribution in [0.1, 0.15) is 46.0 Å². The van der Waals surface area contributed by atoms with Crippen molar-refractivity contribution in [3.63, 3.8) is 0 Å². The minimum Gasteiger partial charge on any atom is -0.393 e. The van der Waals surface area contributed by atoms with Gasteiger partial charge >= 0.3 is 0 Å².